The van der Waals surface area contributed by atoms with E-state index in [2.05, 4.69) is 4.58 Å². The highest BCUT2D eigenvalue weighted by molar-refractivity contribution is 7.98. The fourth-order valence-corrected chi connectivity index (χ4v) is 3.69. The van der Waals surface area contributed by atoms with Gasteiger partial charge in [0.25, 0.3) is 0 Å². The molecule has 3 aromatic rings. The molecule has 0 aliphatic carbocycles. The zero-order valence-corrected chi connectivity index (χ0v) is 13.8. The molecule has 0 saturated carbocycles. The van der Waals surface area contributed by atoms with Gasteiger partial charge in [-0.25, -0.2) is 0 Å². The minimum absolute atomic E-state index is 0.555. The average Bonchev–Trinajstić information content (AvgIpc) is 2.67. The molecule has 1 atom stereocenters. The summed E-state index contributed by atoms with van der Waals surface area (Å²) < 4.78 is 3.04. The lowest BCUT2D eigenvalue weighted by Crippen LogP contribution is -2.33. The number of nitroso groups, excluding NO2 is 1. The van der Waals surface area contributed by atoms with Crippen LogP contribution in [0.25, 0.3) is 0 Å². The second-order valence-corrected chi connectivity index (χ2v) is 6.30. The molecule has 120 valence electrons. The van der Waals surface area contributed by atoms with E-state index in [-0.39, 0.29) is 0 Å². The maximum absolute atomic E-state index is 11.8. The van der Waals surface area contributed by atoms with Gasteiger partial charge >= 0.3 is 0 Å². The second kappa shape index (κ2) is 7.43. The zero-order chi connectivity index (χ0) is 16.8. The summed E-state index contributed by atoms with van der Waals surface area (Å²) in [5.41, 5.74) is 0.919. The van der Waals surface area contributed by atoms with Crippen LogP contribution < -0.4 is 0 Å². The molecule has 0 unspecified atom stereocenters. The summed E-state index contributed by atoms with van der Waals surface area (Å²) in [6, 6.07) is 28.3. The maximum Gasteiger partial charge on any atom is 0.132 e. The van der Waals surface area contributed by atoms with Crippen LogP contribution in [-0.2, 0) is 5.60 Å². The monoisotopic (exact) mass is 335 g/mol. The van der Waals surface area contributed by atoms with Crippen molar-refractivity contribution >= 4 is 11.9 Å². The van der Waals surface area contributed by atoms with Crippen molar-refractivity contribution < 1.29 is 5.11 Å². The summed E-state index contributed by atoms with van der Waals surface area (Å²) >= 11 is 0.846. The molecule has 0 aliphatic rings. The lowest BCUT2D eigenvalue weighted by molar-refractivity contribution is 0.0777. The van der Waals surface area contributed by atoms with Crippen molar-refractivity contribution in [3.63, 3.8) is 0 Å². The summed E-state index contributed by atoms with van der Waals surface area (Å²) in [6.45, 7) is 0. The van der Waals surface area contributed by atoms with Crippen LogP contribution in [0.2, 0.25) is 0 Å². The van der Waals surface area contributed by atoms with Gasteiger partial charge in [0.2, 0.25) is 0 Å². The Morgan fingerprint density at radius 2 is 1.17 bits per heavy atom. The zero-order valence-electron chi connectivity index (χ0n) is 12.9. The van der Waals surface area contributed by atoms with E-state index in [0.717, 1.165) is 28.6 Å². The third kappa shape index (κ3) is 3.11. The van der Waals surface area contributed by atoms with E-state index in [0.29, 0.717) is 0 Å². The molecule has 0 amide bonds. The average molecular weight is 335 g/mol. The number of nitrogens with zero attached hydrogens (tertiary/aromatic N) is 1. The van der Waals surface area contributed by atoms with Gasteiger partial charge in [-0.1, -0.05) is 91.0 Å². The van der Waals surface area contributed by atoms with Gasteiger partial charge in [-0.3, -0.25) is 0 Å². The Morgan fingerprint density at radius 3 is 1.58 bits per heavy atom. The van der Waals surface area contributed by atoms with E-state index < -0.39 is 10.9 Å². The highest BCUT2D eigenvalue weighted by Gasteiger charge is 2.42. The van der Waals surface area contributed by atoms with Gasteiger partial charge < -0.3 is 5.11 Å². The summed E-state index contributed by atoms with van der Waals surface area (Å²) in [7, 11) is 0. The van der Waals surface area contributed by atoms with Crippen LogP contribution >= 0.6 is 11.9 Å². The molecule has 3 rings (SSSR count). The Labute approximate surface area is 145 Å². The number of hydrogen-bond donors (Lipinski definition) is 1. The van der Waals surface area contributed by atoms with Crippen LogP contribution in [0.5, 0.6) is 0 Å². The topological polar surface area (TPSA) is 49.7 Å². The molecule has 0 radical (unpaired) electrons. The first-order valence-electron chi connectivity index (χ1n) is 7.63. The Balaban J connectivity index is 2.21. The molecule has 3 aromatic carbocycles. The Kier molecular flexibility index (Phi) is 5.08. The molecule has 0 saturated heterocycles. The smallest absolute Gasteiger partial charge is 0.132 e. The molecule has 0 heterocycles. The highest BCUT2D eigenvalue weighted by Crippen LogP contribution is 2.48. The van der Waals surface area contributed by atoms with Crippen LogP contribution in [0.15, 0.2) is 95.6 Å². The van der Waals surface area contributed by atoms with Crippen molar-refractivity contribution in [1.29, 1.82) is 0 Å². The first-order chi connectivity index (χ1) is 11.8. The van der Waals surface area contributed by atoms with Crippen molar-refractivity contribution in [3.8, 4) is 0 Å². The number of hydrogen-bond acceptors (Lipinski definition) is 4. The highest BCUT2D eigenvalue weighted by atomic mass is 32.2. The van der Waals surface area contributed by atoms with Crippen LogP contribution in [0.4, 0.5) is 0 Å². The van der Waals surface area contributed by atoms with Crippen molar-refractivity contribution in [3.05, 3.63) is 113 Å². The van der Waals surface area contributed by atoms with Crippen molar-refractivity contribution in [2.45, 2.75) is 10.9 Å². The van der Waals surface area contributed by atoms with Gasteiger partial charge in [0, 0.05) is 16.5 Å². The maximum atomic E-state index is 11.8. The molecule has 0 aromatic heterocycles. The Bertz CT molecular complexity index is 739. The second-order valence-electron chi connectivity index (χ2n) is 5.47. The summed E-state index contributed by atoms with van der Waals surface area (Å²) in [6.07, 6.45) is 0. The van der Waals surface area contributed by atoms with E-state index in [9.17, 15) is 10.0 Å². The third-order valence-corrected chi connectivity index (χ3v) is 4.97. The summed E-state index contributed by atoms with van der Waals surface area (Å²) in [5.74, 6) is 0. The minimum atomic E-state index is -1.37. The molecular weight excluding hydrogens is 318 g/mol. The van der Waals surface area contributed by atoms with Crippen molar-refractivity contribution in [2.24, 2.45) is 4.58 Å². The molecular formula is C20H17NO2S. The molecule has 4 heteroatoms. The quantitative estimate of drug-likeness (QED) is 0.505. The fourth-order valence-electron chi connectivity index (χ4n) is 2.90. The van der Waals surface area contributed by atoms with E-state index in [1.807, 2.05) is 91.0 Å². The Morgan fingerprint density at radius 1 is 0.750 bits per heavy atom. The van der Waals surface area contributed by atoms with E-state index in [1.54, 1.807) is 0 Å². The molecule has 0 aliphatic heterocycles. The molecule has 24 heavy (non-hydrogen) atoms. The normalized spacial score (nSPS) is 12.5. The van der Waals surface area contributed by atoms with E-state index in [1.165, 1.54) is 0 Å². The first kappa shape index (κ1) is 16.4. The fraction of sp³-hybridized carbons (Fsp3) is 0.100. The van der Waals surface area contributed by atoms with Gasteiger partial charge in [-0.2, -0.15) is 0 Å². The van der Waals surface area contributed by atoms with Crippen LogP contribution in [0.1, 0.15) is 21.9 Å². The third-order valence-electron chi connectivity index (χ3n) is 4.06. The molecule has 0 bridgehead atoms. The molecule has 0 fully saturated rings. The van der Waals surface area contributed by atoms with Gasteiger partial charge in [0.15, 0.2) is 0 Å². The minimum Gasteiger partial charge on any atom is -0.379 e. The summed E-state index contributed by atoms with van der Waals surface area (Å²) in [5, 5.41) is 11.2. The molecule has 1 N–H and O–H groups in total. The molecule has 3 nitrogen and oxygen atoms in total. The van der Waals surface area contributed by atoms with Crippen LogP contribution in [0.3, 0.4) is 0 Å². The van der Waals surface area contributed by atoms with Crippen molar-refractivity contribution in [2.75, 3.05) is 0 Å². The number of benzene rings is 3. The lowest BCUT2D eigenvalue weighted by Gasteiger charge is -2.35. The van der Waals surface area contributed by atoms with Gasteiger partial charge in [-0.05, 0) is 16.7 Å². The predicted octanol–water partition coefficient (Wildman–Crippen LogP) is 5.08. The van der Waals surface area contributed by atoms with E-state index >= 15 is 0 Å². The van der Waals surface area contributed by atoms with Gasteiger partial charge in [-0.15, -0.1) is 4.91 Å². The van der Waals surface area contributed by atoms with Gasteiger partial charge in [0.1, 0.15) is 5.60 Å². The number of aliphatic hydroxyl groups is 1. The first-order valence-corrected chi connectivity index (χ1v) is 8.47. The summed E-state index contributed by atoms with van der Waals surface area (Å²) in [4.78, 5) is 11.1. The largest absolute Gasteiger partial charge is 0.379 e. The standard InChI is InChI=1S/C20H17NO2S/c22-20(17-12-6-2-7-13-17,18-14-8-3-9-15-18)19(24-21-23)16-10-4-1-5-11-16/h1-15,19,22H/t19-/m0/s1. The van der Waals surface area contributed by atoms with E-state index in [4.69, 9.17) is 0 Å². The SMILES string of the molecule is O=NS[C@@H](c1ccccc1)C(O)(c1ccccc1)c1ccccc1. The lowest BCUT2D eigenvalue weighted by atomic mass is 9.81. The van der Waals surface area contributed by atoms with Crippen LogP contribution in [-0.4, -0.2) is 5.11 Å². The van der Waals surface area contributed by atoms with Gasteiger partial charge in [0.05, 0.1) is 5.25 Å². The number of rotatable bonds is 6. The Hall–Kier alpha value is -2.43. The van der Waals surface area contributed by atoms with Crippen molar-refractivity contribution in [1.82, 2.24) is 0 Å². The molecule has 0 spiro atoms. The predicted molar refractivity (Wildman–Crippen MR) is 98.5 cm³/mol. The van der Waals surface area contributed by atoms with Crippen LogP contribution in [0, 0.1) is 4.91 Å².